The maximum Gasteiger partial charge on any atom is 0.138 e. The summed E-state index contributed by atoms with van der Waals surface area (Å²) in [5, 5.41) is 11.2. The first kappa shape index (κ1) is 18.2. The van der Waals surface area contributed by atoms with Crippen LogP contribution in [0.25, 0.3) is 0 Å². The molecule has 124 valence electrons. The van der Waals surface area contributed by atoms with Crippen molar-refractivity contribution in [1.82, 2.24) is 0 Å². The molecule has 0 spiro atoms. The van der Waals surface area contributed by atoms with Crippen LogP contribution in [0.3, 0.4) is 0 Å². The lowest BCUT2D eigenvalue weighted by atomic mass is 10.2. The van der Waals surface area contributed by atoms with E-state index in [9.17, 15) is 5.11 Å². The molecule has 1 aliphatic heterocycles. The summed E-state index contributed by atoms with van der Waals surface area (Å²) >= 11 is 11.9. The Labute approximate surface area is 152 Å². The Morgan fingerprint density at radius 3 is 2.74 bits per heavy atom. The van der Waals surface area contributed by atoms with Gasteiger partial charge in [-0.1, -0.05) is 41.4 Å². The zero-order valence-electron chi connectivity index (χ0n) is 12.4. The van der Waals surface area contributed by atoms with Crippen molar-refractivity contribution in [3.8, 4) is 5.75 Å². The number of ether oxygens (including phenoxy) is 1. The number of rotatable bonds is 5. The summed E-state index contributed by atoms with van der Waals surface area (Å²) in [4.78, 5) is 2.19. The Hall–Kier alpha value is -1.13. The molecule has 3 nitrogen and oxygen atoms in total. The van der Waals surface area contributed by atoms with E-state index in [1.165, 1.54) is 11.3 Å². The smallest absolute Gasteiger partial charge is 0.138 e. The van der Waals surface area contributed by atoms with E-state index in [4.69, 9.17) is 27.9 Å². The second-order valence-electron chi connectivity index (χ2n) is 5.36. The van der Waals surface area contributed by atoms with Crippen LogP contribution in [0.2, 0.25) is 10.0 Å². The van der Waals surface area contributed by atoms with Gasteiger partial charge in [0.15, 0.2) is 0 Å². The molecule has 1 heterocycles. The minimum atomic E-state index is -0.585. The van der Waals surface area contributed by atoms with Crippen LogP contribution in [0.1, 0.15) is 5.56 Å². The minimum absolute atomic E-state index is 0. The SMILES string of the molecule is Cl.OC(COc1ccc(Cl)cc1Cl)CN1CCc2ccccc21. The summed E-state index contributed by atoms with van der Waals surface area (Å²) in [5.41, 5.74) is 2.53. The number of β-amino-alcohol motifs (C(OH)–C–C–N with tert-alkyl or cyclic N) is 1. The third kappa shape index (κ3) is 4.45. The lowest BCUT2D eigenvalue weighted by Gasteiger charge is -2.23. The molecular weight excluding hydrogens is 357 g/mol. The molecule has 1 aliphatic rings. The third-order valence-corrected chi connectivity index (χ3v) is 4.27. The second kappa shape index (κ2) is 8.11. The molecule has 0 aliphatic carbocycles. The van der Waals surface area contributed by atoms with E-state index in [-0.39, 0.29) is 19.0 Å². The van der Waals surface area contributed by atoms with E-state index in [1.54, 1.807) is 18.2 Å². The van der Waals surface area contributed by atoms with E-state index in [1.807, 2.05) is 12.1 Å². The molecule has 23 heavy (non-hydrogen) atoms. The first-order chi connectivity index (χ1) is 10.6. The van der Waals surface area contributed by atoms with E-state index in [2.05, 4.69) is 17.0 Å². The van der Waals surface area contributed by atoms with E-state index >= 15 is 0 Å². The Balaban J connectivity index is 0.00000192. The van der Waals surface area contributed by atoms with Gasteiger partial charge >= 0.3 is 0 Å². The summed E-state index contributed by atoms with van der Waals surface area (Å²) in [6, 6.07) is 13.3. The second-order valence-corrected chi connectivity index (χ2v) is 6.21. The van der Waals surface area contributed by atoms with Crippen molar-refractivity contribution in [2.24, 2.45) is 0 Å². The zero-order valence-corrected chi connectivity index (χ0v) is 14.7. The Bertz CT molecular complexity index is 666. The summed E-state index contributed by atoms with van der Waals surface area (Å²) in [5.74, 6) is 0.534. The summed E-state index contributed by atoms with van der Waals surface area (Å²) < 4.78 is 5.58. The maximum absolute atomic E-state index is 10.2. The number of aliphatic hydroxyl groups is 1. The molecule has 0 bridgehead atoms. The van der Waals surface area contributed by atoms with Crippen LogP contribution in [0.4, 0.5) is 5.69 Å². The van der Waals surface area contributed by atoms with Crippen LogP contribution in [-0.2, 0) is 6.42 Å². The van der Waals surface area contributed by atoms with Gasteiger partial charge in [0.1, 0.15) is 18.5 Å². The van der Waals surface area contributed by atoms with Gasteiger partial charge in [-0.05, 0) is 36.2 Å². The lowest BCUT2D eigenvalue weighted by molar-refractivity contribution is 0.112. The van der Waals surface area contributed by atoms with E-state index in [0.717, 1.165) is 13.0 Å². The highest BCUT2D eigenvalue weighted by atomic mass is 35.5. The first-order valence-corrected chi connectivity index (χ1v) is 7.98. The van der Waals surface area contributed by atoms with Gasteiger partial charge in [-0.15, -0.1) is 12.4 Å². The molecule has 3 rings (SSSR count). The van der Waals surface area contributed by atoms with Crippen molar-refractivity contribution in [3.63, 3.8) is 0 Å². The van der Waals surface area contributed by atoms with Gasteiger partial charge in [-0.25, -0.2) is 0 Å². The quantitative estimate of drug-likeness (QED) is 0.850. The number of para-hydroxylation sites is 1. The van der Waals surface area contributed by atoms with Crippen LogP contribution in [0.5, 0.6) is 5.75 Å². The molecule has 0 radical (unpaired) electrons. The number of nitrogens with zero attached hydrogens (tertiary/aromatic N) is 1. The van der Waals surface area contributed by atoms with E-state index < -0.39 is 6.10 Å². The Kier molecular flexibility index (Phi) is 6.42. The number of halogens is 3. The van der Waals surface area contributed by atoms with Crippen LogP contribution >= 0.6 is 35.6 Å². The van der Waals surface area contributed by atoms with Gasteiger partial charge in [-0.3, -0.25) is 0 Å². The largest absolute Gasteiger partial charge is 0.489 e. The van der Waals surface area contributed by atoms with Crippen molar-refractivity contribution in [3.05, 3.63) is 58.1 Å². The molecule has 1 unspecified atom stereocenters. The monoisotopic (exact) mass is 373 g/mol. The number of hydrogen-bond acceptors (Lipinski definition) is 3. The Morgan fingerprint density at radius 1 is 1.17 bits per heavy atom. The average molecular weight is 375 g/mol. The normalized spacial score (nSPS) is 14.1. The Morgan fingerprint density at radius 2 is 1.96 bits per heavy atom. The number of anilines is 1. The number of fused-ring (bicyclic) bond motifs is 1. The minimum Gasteiger partial charge on any atom is -0.489 e. The van der Waals surface area contributed by atoms with E-state index in [0.29, 0.717) is 22.3 Å². The van der Waals surface area contributed by atoms with Crippen molar-refractivity contribution >= 4 is 41.3 Å². The van der Waals surface area contributed by atoms with Crippen LogP contribution in [-0.4, -0.2) is 30.9 Å². The number of aliphatic hydroxyl groups excluding tert-OH is 1. The average Bonchev–Trinajstić information content (AvgIpc) is 2.90. The zero-order chi connectivity index (χ0) is 15.5. The fourth-order valence-corrected chi connectivity index (χ4v) is 3.14. The van der Waals surface area contributed by atoms with Crippen molar-refractivity contribution in [2.45, 2.75) is 12.5 Å². The molecule has 1 atom stereocenters. The van der Waals surface area contributed by atoms with Gasteiger partial charge in [-0.2, -0.15) is 0 Å². The fourth-order valence-electron chi connectivity index (χ4n) is 2.68. The fraction of sp³-hybridized carbons (Fsp3) is 0.294. The van der Waals surface area contributed by atoms with Gasteiger partial charge < -0.3 is 14.7 Å². The predicted molar refractivity (Wildman–Crippen MR) is 97.6 cm³/mol. The predicted octanol–water partition coefficient (Wildman–Crippen LogP) is 4.22. The molecule has 2 aromatic rings. The number of hydrogen-bond donors (Lipinski definition) is 1. The molecule has 6 heteroatoms. The van der Waals surface area contributed by atoms with Crippen LogP contribution < -0.4 is 9.64 Å². The maximum atomic E-state index is 10.2. The van der Waals surface area contributed by atoms with Crippen molar-refractivity contribution in [1.29, 1.82) is 0 Å². The standard InChI is InChI=1S/C17H17Cl2NO2.ClH/c18-13-5-6-17(15(19)9-13)22-11-14(21)10-20-8-7-12-3-1-2-4-16(12)20;/h1-6,9,14,21H,7-8,10-11H2;1H. The molecule has 2 aromatic carbocycles. The van der Waals surface area contributed by atoms with Gasteiger partial charge in [0.2, 0.25) is 0 Å². The highest BCUT2D eigenvalue weighted by Gasteiger charge is 2.21. The first-order valence-electron chi connectivity index (χ1n) is 7.22. The molecular formula is C17H18Cl3NO2. The van der Waals surface area contributed by atoms with Gasteiger partial charge in [0.25, 0.3) is 0 Å². The summed E-state index contributed by atoms with van der Waals surface area (Å²) in [6.07, 6.45) is 0.435. The molecule has 0 saturated heterocycles. The molecule has 0 amide bonds. The highest BCUT2D eigenvalue weighted by Crippen LogP contribution is 2.29. The lowest BCUT2D eigenvalue weighted by Crippen LogP contribution is -2.34. The van der Waals surface area contributed by atoms with Crippen LogP contribution in [0.15, 0.2) is 42.5 Å². The van der Waals surface area contributed by atoms with Gasteiger partial charge in [0.05, 0.1) is 5.02 Å². The highest BCUT2D eigenvalue weighted by molar-refractivity contribution is 6.35. The molecule has 1 N–H and O–H groups in total. The number of benzene rings is 2. The summed E-state index contributed by atoms with van der Waals surface area (Å²) in [6.45, 7) is 1.67. The van der Waals surface area contributed by atoms with Crippen LogP contribution in [0, 0.1) is 0 Å². The third-order valence-electron chi connectivity index (χ3n) is 3.74. The van der Waals surface area contributed by atoms with Crippen molar-refractivity contribution in [2.75, 3.05) is 24.6 Å². The molecule has 0 saturated carbocycles. The summed E-state index contributed by atoms with van der Waals surface area (Å²) in [7, 11) is 0. The van der Waals surface area contributed by atoms with Gasteiger partial charge in [0, 0.05) is 23.8 Å². The van der Waals surface area contributed by atoms with Crippen molar-refractivity contribution < 1.29 is 9.84 Å². The molecule has 0 aromatic heterocycles. The molecule has 0 fully saturated rings. The topological polar surface area (TPSA) is 32.7 Å².